The number of rotatable bonds is 6. The molecule has 0 aliphatic carbocycles. The first-order valence-electron chi connectivity index (χ1n) is 6.62. The topological polar surface area (TPSA) is 51.1 Å². The summed E-state index contributed by atoms with van der Waals surface area (Å²) in [5, 5.41) is 4.62. The van der Waals surface area contributed by atoms with Crippen molar-refractivity contribution in [2.75, 3.05) is 6.54 Å². The number of aryl methyl sites for hydroxylation is 2. The number of nitrogens with zero attached hydrogens (tertiary/aromatic N) is 1. The molecule has 1 aromatic carbocycles. The molecule has 0 fully saturated rings. The van der Waals surface area contributed by atoms with Gasteiger partial charge in [-0.2, -0.15) is 0 Å². The lowest BCUT2D eigenvalue weighted by atomic mass is 10.1. The molecular formula is C15H18N2O2S. The fourth-order valence-corrected chi connectivity index (χ4v) is 2.70. The van der Waals surface area contributed by atoms with Crippen molar-refractivity contribution in [1.82, 2.24) is 9.88 Å². The van der Waals surface area contributed by atoms with Crippen molar-refractivity contribution in [3.63, 3.8) is 0 Å². The molecule has 0 atom stereocenters. The molecule has 0 radical (unpaired) electrons. The van der Waals surface area contributed by atoms with Crippen molar-refractivity contribution in [1.29, 1.82) is 0 Å². The first-order chi connectivity index (χ1) is 9.66. The van der Waals surface area contributed by atoms with E-state index in [0.29, 0.717) is 6.54 Å². The van der Waals surface area contributed by atoms with E-state index in [0.717, 1.165) is 29.9 Å². The molecule has 2 aromatic rings. The predicted molar refractivity (Wildman–Crippen MR) is 81.1 cm³/mol. The van der Waals surface area contributed by atoms with Crippen LogP contribution in [-0.2, 0) is 17.8 Å². The largest absolute Gasteiger partial charge is 0.355 e. The van der Waals surface area contributed by atoms with Gasteiger partial charge in [0.05, 0.1) is 0 Å². The van der Waals surface area contributed by atoms with Crippen LogP contribution in [0, 0.1) is 6.92 Å². The molecule has 0 saturated carbocycles. The molecule has 2 rings (SSSR count). The average molecular weight is 290 g/mol. The third kappa shape index (κ3) is 4.06. The van der Waals surface area contributed by atoms with Gasteiger partial charge in [0.15, 0.2) is 0 Å². The highest BCUT2D eigenvalue weighted by atomic mass is 32.1. The SMILES string of the molecule is Cc1csc(=O)n1CC(=O)NCCCc1ccccc1. The Morgan fingerprint density at radius 3 is 2.70 bits per heavy atom. The van der Waals surface area contributed by atoms with Gasteiger partial charge in [-0.3, -0.25) is 14.2 Å². The molecule has 1 N–H and O–H groups in total. The highest BCUT2D eigenvalue weighted by Crippen LogP contribution is 2.02. The van der Waals surface area contributed by atoms with Crippen molar-refractivity contribution < 1.29 is 4.79 Å². The van der Waals surface area contributed by atoms with Crippen LogP contribution in [0.15, 0.2) is 40.5 Å². The first-order valence-corrected chi connectivity index (χ1v) is 7.50. The van der Waals surface area contributed by atoms with Gasteiger partial charge < -0.3 is 5.32 Å². The van der Waals surface area contributed by atoms with Crippen LogP contribution in [0.3, 0.4) is 0 Å². The van der Waals surface area contributed by atoms with E-state index >= 15 is 0 Å². The van der Waals surface area contributed by atoms with E-state index in [9.17, 15) is 9.59 Å². The second-order valence-corrected chi connectivity index (χ2v) is 5.49. The summed E-state index contributed by atoms with van der Waals surface area (Å²) < 4.78 is 1.50. The minimum atomic E-state index is -0.110. The van der Waals surface area contributed by atoms with E-state index in [1.165, 1.54) is 10.1 Å². The summed E-state index contributed by atoms with van der Waals surface area (Å²) in [7, 11) is 0. The molecule has 0 saturated heterocycles. The Morgan fingerprint density at radius 1 is 1.30 bits per heavy atom. The standard InChI is InChI=1S/C15H18N2O2S/c1-12-11-20-15(19)17(12)10-14(18)16-9-5-8-13-6-3-2-4-7-13/h2-4,6-7,11H,5,8-10H2,1H3,(H,16,18). The van der Waals surface area contributed by atoms with Crippen molar-refractivity contribution in [2.24, 2.45) is 0 Å². The maximum absolute atomic E-state index is 11.8. The number of benzene rings is 1. The number of hydrogen-bond acceptors (Lipinski definition) is 3. The predicted octanol–water partition coefficient (Wildman–Crippen LogP) is 1.97. The molecule has 0 unspecified atom stereocenters. The van der Waals surface area contributed by atoms with Gasteiger partial charge >= 0.3 is 4.87 Å². The summed E-state index contributed by atoms with van der Waals surface area (Å²) in [4.78, 5) is 23.2. The van der Waals surface area contributed by atoms with Crippen LogP contribution in [0.4, 0.5) is 0 Å². The molecule has 20 heavy (non-hydrogen) atoms. The van der Waals surface area contributed by atoms with Crippen LogP contribution in [0.1, 0.15) is 17.7 Å². The molecule has 5 heteroatoms. The summed E-state index contributed by atoms with van der Waals surface area (Å²) in [5.74, 6) is -0.110. The Hall–Kier alpha value is -1.88. The highest BCUT2D eigenvalue weighted by Gasteiger charge is 2.07. The van der Waals surface area contributed by atoms with Gasteiger partial charge in [0.1, 0.15) is 6.54 Å². The van der Waals surface area contributed by atoms with E-state index in [2.05, 4.69) is 17.4 Å². The lowest BCUT2D eigenvalue weighted by molar-refractivity contribution is -0.121. The number of amides is 1. The van der Waals surface area contributed by atoms with Gasteiger partial charge in [0.25, 0.3) is 0 Å². The normalized spacial score (nSPS) is 10.4. The van der Waals surface area contributed by atoms with Crippen molar-refractivity contribution in [3.8, 4) is 0 Å². The molecule has 0 spiro atoms. The summed E-state index contributed by atoms with van der Waals surface area (Å²) >= 11 is 1.13. The Bertz CT molecular complexity index is 616. The maximum atomic E-state index is 11.8. The third-order valence-corrected chi connectivity index (χ3v) is 3.97. The number of thiazole rings is 1. The van der Waals surface area contributed by atoms with Gasteiger partial charge in [-0.25, -0.2) is 0 Å². The quantitative estimate of drug-likeness (QED) is 0.827. The third-order valence-electron chi connectivity index (χ3n) is 3.09. The molecule has 1 heterocycles. The van der Waals surface area contributed by atoms with Crippen LogP contribution >= 0.6 is 11.3 Å². The van der Waals surface area contributed by atoms with Crippen LogP contribution < -0.4 is 10.2 Å². The molecule has 0 bridgehead atoms. The minimum Gasteiger partial charge on any atom is -0.355 e. The summed E-state index contributed by atoms with van der Waals surface area (Å²) in [6, 6.07) is 10.2. The van der Waals surface area contributed by atoms with E-state index in [1.54, 1.807) is 5.38 Å². The number of hydrogen-bond donors (Lipinski definition) is 1. The molecule has 0 aliphatic rings. The Morgan fingerprint density at radius 2 is 2.05 bits per heavy atom. The van der Waals surface area contributed by atoms with Crippen molar-refractivity contribution in [2.45, 2.75) is 26.3 Å². The van der Waals surface area contributed by atoms with Crippen LogP contribution in [0.5, 0.6) is 0 Å². The monoisotopic (exact) mass is 290 g/mol. The van der Waals surface area contributed by atoms with Crippen molar-refractivity contribution >= 4 is 17.2 Å². The average Bonchev–Trinajstić information content (AvgIpc) is 2.77. The van der Waals surface area contributed by atoms with Gasteiger partial charge in [-0.1, -0.05) is 41.7 Å². The zero-order valence-corrected chi connectivity index (χ0v) is 12.3. The van der Waals surface area contributed by atoms with Gasteiger partial charge in [0.2, 0.25) is 5.91 Å². The molecular weight excluding hydrogens is 272 g/mol. The lowest BCUT2D eigenvalue weighted by Gasteiger charge is -2.07. The molecule has 1 amide bonds. The smallest absolute Gasteiger partial charge is 0.307 e. The second kappa shape index (κ2) is 7.05. The Kier molecular flexibility index (Phi) is 5.12. The number of nitrogens with one attached hydrogen (secondary N) is 1. The van der Waals surface area contributed by atoms with Crippen LogP contribution in [-0.4, -0.2) is 17.0 Å². The Labute approximate surface area is 122 Å². The zero-order valence-electron chi connectivity index (χ0n) is 11.5. The number of carbonyl (C=O) groups excluding carboxylic acids is 1. The van der Waals surface area contributed by atoms with Gasteiger partial charge in [-0.15, -0.1) is 0 Å². The second-order valence-electron chi connectivity index (χ2n) is 4.67. The van der Waals surface area contributed by atoms with Crippen molar-refractivity contribution in [3.05, 3.63) is 56.6 Å². The fraction of sp³-hybridized carbons (Fsp3) is 0.333. The highest BCUT2D eigenvalue weighted by molar-refractivity contribution is 7.07. The summed E-state index contributed by atoms with van der Waals surface area (Å²) in [6.07, 6.45) is 1.84. The van der Waals surface area contributed by atoms with Gasteiger partial charge in [-0.05, 0) is 25.3 Å². The van der Waals surface area contributed by atoms with E-state index in [-0.39, 0.29) is 17.3 Å². The van der Waals surface area contributed by atoms with Gasteiger partial charge in [0, 0.05) is 17.6 Å². The molecule has 0 aliphatic heterocycles. The summed E-state index contributed by atoms with van der Waals surface area (Å²) in [6.45, 7) is 2.58. The molecule has 106 valence electrons. The van der Waals surface area contributed by atoms with Crippen LogP contribution in [0.2, 0.25) is 0 Å². The maximum Gasteiger partial charge on any atom is 0.307 e. The minimum absolute atomic E-state index is 0.0815. The van der Waals surface area contributed by atoms with Crippen LogP contribution in [0.25, 0.3) is 0 Å². The Balaban J connectivity index is 1.72. The molecule has 1 aromatic heterocycles. The molecule has 4 nitrogen and oxygen atoms in total. The number of carbonyl (C=O) groups is 1. The fourth-order valence-electron chi connectivity index (χ4n) is 1.96. The lowest BCUT2D eigenvalue weighted by Crippen LogP contribution is -2.31. The van der Waals surface area contributed by atoms with E-state index in [1.807, 2.05) is 25.1 Å². The van der Waals surface area contributed by atoms with E-state index in [4.69, 9.17) is 0 Å². The number of aromatic nitrogens is 1. The zero-order chi connectivity index (χ0) is 14.4. The summed E-state index contributed by atoms with van der Waals surface area (Å²) in [5.41, 5.74) is 2.10. The van der Waals surface area contributed by atoms with E-state index < -0.39 is 0 Å². The first kappa shape index (κ1) is 14.5.